The fourth-order valence-electron chi connectivity index (χ4n) is 4.69. The number of ether oxygens (including phenoxy) is 1. The summed E-state index contributed by atoms with van der Waals surface area (Å²) in [6.45, 7) is 1.78. The van der Waals surface area contributed by atoms with Gasteiger partial charge in [0, 0.05) is 23.1 Å². The predicted octanol–water partition coefficient (Wildman–Crippen LogP) is 5.87. The van der Waals surface area contributed by atoms with E-state index in [1.165, 1.54) is 19.2 Å². The number of aromatic nitrogens is 1. The van der Waals surface area contributed by atoms with Gasteiger partial charge in [-0.05, 0) is 73.2 Å². The maximum atomic E-state index is 13.6. The molecule has 1 aromatic heterocycles. The van der Waals surface area contributed by atoms with E-state index in [0.717, 1.165) is 28.1 Å². The fourth-order valence-corrected chi connectivity index (χ4v) is 4.69. The van der Waals surface area contributed by atoms with Crippen LogP contribution in [0.2, 0.25) is 0 Å². The molecule has 1 aliphatic heterocycles. The highest BCUT2D eigenvalue weighted by molar-refractivity contribution is 6.14. The number of hydrogen-bond acceptors (Lipinski definition) is 5. The Bertz CT molecular complexity index is 1700. The van der Waals surface area contributed by atoms with Gasteiger partial charge in [0.1, 0.15) is 5.75 Å². The Morgan fingerprint density at radius 1 is 1.10 bits per heavy atom. The van der Waals surface area contributed by atoms with Crippen LogP contribution in [0, 0.1) is 18.3 Å². The Kier molecular flexibility index (Phi) is 6.44. The summed E-state index contributed by atoms with van der Waals surface area (Å²) in [6, 6.07) is 18.1. The number of benzene rings is 3. The standard InChI is InChI=1S/C29H21F3N4O3/c1-17-24(13-21-14-27(37)36(34-21)22-5-3-4-20(12-22)29(30,31)32)25-15-23(39-2)10-11-26(25)35(17)28(38)19-8-6-18(16-33)7-9-19/h3-12,15H,13-14H2,1-2H3. The minimum absolute atomic E-state index is 0.0293. The number of hydrazone groups is 1. The first kappa shape index (κ1) is 25.7. The molecule has 2 heterocycles. The van der Waals surface area contributed by atoms with Gasteiger partial charge in [-0.2, -0.15) is 23.5 Å². The van der Waals surface area contributed by atoms with Gasteiger partial charge in [0.05, 0.1) is 47.6 Å². The molecule has 0 saturated heterocycles. The first-order valence-corrected chi connectivity index (χ1v) is 11.9. The van der Waals surface area contributed by atoms with E-state index in [0.29, 0.717) is 33.8 Å². The summed E-state index contributed by atoms with van der Waals surface area (Å²) in [5.41, 5.74) is 2.42. The van der Waals surface area contributed by atoms with Crippen LogP contribution in [0.4, 0.5) is 18.9 Å². The van der Waals surface area contributed by atoms with E-state index in [9.17, 15) is 22.8 Å². The summed E-state index contributed by atoms with van der Waals surface area (Å²) < 4.78 is 46.6. The number of alkyl halides is 3. The SMILES string of the molecule is COc1ccc2c(c1)c(CC1=NN(c3cccc(C(F)(F)F)c3)C(=O)C1)c(C)n2C(=O)c1ccc(C#N)cc1. The monoisotopic (exact) mass is 530 g/mol. The molecule has 5 rings (SSSR count). The number of fused-ring (bicyclic) bond motifs is 1. The molecule has 0 unspecified atom stereocenters. The fraction of sp³-hybridized carbons (Fsp3) is 0.172. The van der Waals surface area contributed by atoms with E-state index in [2.05, 4.69) is 5.10 Å². The molecule has 0 fully saturated rings. The number of hydrogen-bond donors (Lipinski definition) is 0. The normalized spacial score (nSPS) is 13.5. The third kappa shape index (κ3) is 4.75. The molecule has 1 amide bonds. The summed E-state index contributed by atoms with van der Waals surface area (Å²) in [6.07, 6.45) is -4.43. The second-order valence-electron chi connectivity index (χ2n) is 9.05. The van der Waals surface area contributed by atoms with Crippen molar-refractivity contribution in [1.29, 1.82) is 5.26 Å². The maximum absolute atomic E-state index is 13.6. The first-order valence-electron chi connectivity index (χ1n) is 11.9. The van der Waals surface area contributed by atoms with Crippen LogP contribution < -0.4 is 9.75 Å². The molecule has 7 nitrogen and oxygen atoms in total. The molecule has 4 aromatic rings. The van der Waals surface area contributed by atoms with E-state index in [4.69, 9.17) is 10.00 Å². The lowest BCUT2D eigenvalue weighted by atomic mass is 10.0. The molecule has 1 aliphatic rings. The van der Waals surface area contributed by atoms with Crippen LogP contribution in [0.1, 0.15) is 39.2 Å². The summed E-state index contributed by atoms with van der Waals surface area (Å²) in [5.74, 6) is -0.174. The van der Waals surface area contributed by atoms with E-state index in [-0.39, 0.29) is 24.4 Å². The van der Waals surface area contributed by atoms with Gasteiger partial charge in [-0.1, -0.05) is 6.07 Å². The smallest absolute Gasteiger partial charge is 0.416 e. The number of anilines is 1. The average Bonchev–Trinajstić information content (AvgIpc) is 3.43. The van der Waals surface area contributed by atoms with Gasteiger partial charge in [0.25, 0.3) is 11.8 Å². The molecule has 3 aromatic carbocycles. The molecule has 0 bridgehead atoms. The van der Waals surface area contributed by atoms with Crippen LogP contribution in [-0.2, 0) is 17.4 Å². The molecule has 39 heavy (non-hydrogen) atoms. The number of carbonyl (C=O) groups excluding carboxylic acids is 2. The molecule has 0 spiro atoms. The molecule has 0 radical (unpaired) electrons. The lowest BCUT2D eigenvalue weighted by Crippen LogP contribution is -2.20. The van der Waals surface area contributed by atoms with Crippen LogP contribution in [0.5, 0.6) is 5.75 Å². The number of amides is 1. The number of nitriles is 1. The van der Waals surface area contributed by atoms with E-state index in [1.54, 1.807) is 54.0 Å². The number of nitrogens with zero attached hydrogens (tertiary/aromatic N) is 4. The Morgan fingerprint density at radius 2 is 1.85 bits per heavy atom. The number of carbonyl (C=O) groups is 2. The van der Waals surface area contributed by atoms with Crippen LogP contribution in [0.25, 0.3) is 10.9 Å². The van der Waals surface area contributed by atoms with Crippen molar-refractivity contribution in [3.63, 3.8) is 0 Å². The molecule has 0 atom stereocenters. The van der Waals surface area contributed by atoms with Gasteiger partial charge < -0.3 is 4.74 Å². The van der Waals surface area contributed by atoms with Crippen LogP contribution in [-0.4, -0.2) is 29.2 Å². The molecular weight excluding hydrogens is 509 g/mol. The minimum Gasteiger partial charge on any atom is -0.497 e. The first-order chi connectivity index (χ1) is 18.6. The second-order valence-corrected chi connectivity index (χ2v) is 9.05. The zero-order valence-electron chi connectivity index (χ0n) is 20.9. The maximum Gasteiger partial charge on any atom is 0.416 e. The summed E-state index contributed by atoms with van der Waals surface area (Å²) >= 11 is 0. The molecule has 0 aliphatic carbocycles. The number of halogens is 3. The van der Waals surface area contributed by atoms with Crippen molar-refractivity contribution in [2.24, 2.45) is 5.10 Å². The largest absolute Gasteiger partial charge is 0.497 e. The second kappa shape index (κ2) is 9.76. The summed E-state index contributed by atoms with van der Waals surface area (Å²) in [5, 5.41) is 15.1. The van der Waals surface area contributed by atoms with E-state index < -0.39 is 17.6 Å². The van der Waals surface area contributed by atoms with Crippen LogP contribution in [0.15, 0.2) is 71.8 Å². The lowest BCUT2D eigenvalue weighted by Gasteiger charge is -2.14. The average molecular weight is 531 g/mol. The number of methoxy groups -OCH3 is 1. The van der Waals surface area contributed by atoms with Crippen molar-refractivity contribution in [2.75, 3.05) is 12.1 Å². The van der Waals surface area contributed by atoms with Gasteiger partial charge in [-0.3, -0.25) is 14.2 Å². The highest BCUT2D eigenvalue weighted by Gasteiger charge is 2.33. The molecule has 10 heteroatoms. The topological polar surface area (TPSA) is 87.7 Å². The van der Waals surface area contributed by atoms with Crippen molar-refractivity contribution in [1.82, 2.24) is 4.57 Å². The molecule has 0 N–H and O–H groups in total. The van der Waals surface area contributed by atoms with E-state index >= 15 is 0 Å². The Balaban J connectivity index is 1.55. The third-order valence-corrected chi connectivity index (χ3v) is 6.64. The van der Waals surface area contributed by atoms with Crippen molar-refractivity contribution in [3.8, 4) is 11.8 Å². The summed E-state index contributed by atoms with van der Waals surface area (Å²) in [4.78, 5) is 26.3. The van der Waals surface area contributed by atoms with Crippen molar-refractivity contribution >= 4 is 34.1 Å². The van der Waals surface area contributed by atoms with Crippen LogP contribution in [0.3, 0.4) is 0 Å². The Morgan fingerprint density at radius 3 is 2.51 bits per heavy atom. The molecular formula is C29H21F3N4O3. The lowest BCUT2D eigenvalue weighted by molar-refractivity contribution is -0.137. The zero-order chi connectivity index (χ0) is 27.9. The zero-order valence-corrected chi connectivity index (χ0v) is 20.9. The van der Waals surface area contributed by atoms with Gasteiger partial charge in [0.15, 0.2) is 0 Å². The Hall–Kier alpha value is -4.91. The highest BCUT2D eigenvalue weighted by Crippen LogP contribution is 2.34. The van der Waals surface area contributed by atoms with Gasteiger partial charge >= 0.3 is 6.18 Å². The van der Waals surface area contributed by atoms with Crippen molar-refractivity contribution in [3.05, 3.63) is 94.7 Å². The number of rotatable bonds is 5. The summed E-state index contributed by atoms with van der Waals surface area (Å²) in [7, 11) is 1.53. The van der Waals surface area contributed by atoms with Crippen molar-refractivity contribution < 1.29 is 27.5 Å². The Labute approximate surface area is 221 Å². The van der Waals surface area contributed by atoms with Crippen molar-refractivity contribution in [2.45, 2.75) is 25.9 Å². The van der Waals surface area contributed by atoms with Crippen LogP contribution >= 0.6 is 0 Å². The minimum atomic E-state index is -4.55. The highest BCUT2D eigenvalue weighted by atomic mass is 19.4. The third-order valence-electron chi connectivity index (χ3n) is 6.64. The quantitative estimate of drug-likeness (QED) is 0.323. The predicted molar refractivity (Wildman–Crippen MR) is 139 cm³/mol. The van der Waals surface area contributed by atoms with Gasteiger partial charge in [-0.25, -0.2) is 5.01 Å². The van der Waals surface area contributed by atoms with Gasteiger partial charge in [-0.15, -0.1) is 0 Å². The molecule has 0 saturated carbocycles. The van der Waals surface area contributed by atoms with Gasteiger partial charge in [0.2, 0.25) is 0 Å². The molecule has 196 valence electrons. The van der Waals surface area contributed by atoms with E-state index in [1.807, 2.05) is 6.07 Å².